The molecule has 0 unspecified atom stereocenters. The molecule has 144 valence electrons. The van der Waals surface area contributed by atoms with Crippen molar-refractivity contribution in [2.45, 2.75) is 30.3 Å². The zero-order valence-electron chi connectivity index (χ0n) is 15.8. The number of hydrogen-bond acceptors (Lipinski definition) is 4. The lowest BCUT2D eigenvalue weighted by atomic mass is 9.56. The van der Waals surface area contributed by atoms with Gasteiger partial charge in [0.15, 0.2) is 0 Å². The van der Waals surface area contributed by atoms with Crippen molar-refractivity contribution in [2.75, 3.05) is 20.1 Å². The number of fused-ring (bicyclic) bond motifs is 3. The molecule has 0 radical (unpaired) electrons. The van der Waals surface area contributed by atoms with E-state index in [2.05, 4.69) is 33.9 Å². The molecular formula is C23H23BrN2O2. The fourth-order valence-corrected chi connectivity index (χ4v) is 5.71. The van der Waals surface area contributed by atoms with E-state index in [-0.39, 0.29) is 5.75 Å². The largest absolute Gasteiger partial charge is 0.508 e. The van der Waals surface area contributed by atoms with E-state index in [1.165, 1.54) is 0 Å². The van der Waals surface area contributed by atoms with Gasteiger partial charge in [-0.15, -0.1) is 0 Å². The minimum atomic E-state index is -0.905. The molecule has 2 aliphatic rings. The summed E-state index contributed by atoms with van der Waals surface area (Å²) in [5, 5.41) is 23.2. The van der Waals surface area contributed by atoms with E-state index < -0.39 is 11.0 Å². The zero-order chi connectivity index (χ0) is 19.5. The number of likely N-dealkylation sites (N-methyl/N-ethyl adjacent to an activating group) is 1. The van der Waals surface area contributed by atoms with Gasteiger partial charge in [0, 0.05) is 40.4 Å². The lowest BCUT2D eigenvalue weighted by Crippen LogP contribution is -2.66. The van der Waals surface area contributed by atoms with Gasteiger partial charge in [-0.1, -0.05) is 34.1 Å². The average Bonchev–Trinajstić information content (AvgIpc) is 2.65. The first-order valence-corrected chi connectivity index (χ1v) is 10.5. The van der Waals surface area contributed by atoms with Crippen molar-refractivity contribution in [3.05, 3.63) is 69.8 Å². The Bertz CT molecular complexity index is 1090. The van der Waals surface area contributed by atoms with Gasteiger partial charge < -0.3 is 15.1 Å². The lowest BCUT2D eigenvalue weighted by Gasteiger charge is -2.56. The highest BCUT2D eigenvalue weighted by atomic mass is 79.9. The zero-order valence-corrected chi connectivity index (χ0v) is 17.4. The van der Waals surface area contributed by atoms with Crippen LogP contribution >= 0.6 is 15.9 Å². The summed E-state index contributed by atoms with van der Waals surface area (Å²) in [5.74, 6) is 0.245. The second-order valence-corrected chi connectivity index (χ2v) is 9.26. The van der Waals surface area contributed by atoms with Gasteiger partial charge in [-0.3, -0.25) is 4.98 Å². The summed E-state index contributed by atoms with van der Waals surface area (Å²) in [6.07, 6.45) is 2.08. The van der Waals surface area contributed by atoms with Gasteiger partial charge in [0.1, 0.15) is 5.75 Å². The van der Waals surface area contributed by atoms with Gasteiger partial charge in [0.05, 0.1) is 11.1 Å². The molecule has 5 rings (SSSR count). The molecule has 2 heterocycles. The number of aliphatic hydroxyl groups is 1. The minimum absolute atomic E-state index is 0.245. The quantitative estimate of drug-likeness (QED) is 0.606. The predicted molar refractivity (Wildman–Crippen MR) is 114 cm³/mol. The second-order valence-electron chi connectivity index (χ2n) is 8.41. The first-order valence-electron chi connectivity index (χ1n) is 9.68. The molecule has 5 heteroatoms. The third-order valence-electron chi connectivity index (χ3n) is 6.67. The fraction of sp³-hybridized carbons (Fsp3) is 0.348. The Kier molecular flexibility index (Phi) is 4.06. The van der Waals surface area contributed by atoms with Crippen LogP contribution in [-0.2, 0) is 18.3 Å². The molecule has 1 fully saturated rings. The van der Waals surface area contributed by atoms with Crippen LogP contribution in [0.2, 0.25) is 0 Å². The number of likely N-dealkylation sites (tertiary alicyclic amines) is 1. The Morgan fingerprint density at radius 3 is 2.75 bits per heavy atom. The molecular weight excluding hydrogens is 416 g/mol. The number of hydrogen-bond donors (Lipinski definition) is 2. The highest BCUT2D eigenvalue weighted by Crippen LogP contribution is 2.50. The summed E-state index contributed by atoms with van der Waals surface area (Å²) in [6, 6.07) is 15.7. The van der Waals surface area contributed by atoms with E-state index >= 15 is 0 Å². The number of nitrogens with zero attached hydrogens (tertiary/aromatic N) is 2. The number of benzene rings is 2. The standard InChI is InChI=1S/C23H23BrN2O2/c1-26-9-8-22(16-4-2-5-17(27)11-16)13-21-15(12-23(22,28)14-26)10-18-19(24)6-3-7-20(18)25-21/h2-7,10-11,27-28H,8-9,12-14H2,1H3/t22-,23-/m0/s1. The number of β-amino-alcohol motifs (C(OH)–C–C–N with tert-alkyl or cyclic N) is 1. The van der Waals surface area contributed by atoms with Crippen LogP contribution < -0.4 is 0 Å². The molecule has 1 aromatic heterocycles. The molecule has 28 heavy (non-hydrogen) atoms. The highest BCUT2D eigenvalue weighted by Gasteiger charge is 2.57. The van der Waals surface area contributed by atoms with Gasteiger partial charge in [0.25, 0.3) is 0 Å². The van der Waals surface area contributed by atoms with Crippen LogP contribution in [0.3, 0.4) is 0 Å². The Balaban J connectivity index is 1.72. The van der Waals surface area contributed by atoms with E-state index in [4.69, 9.17) is 4.98 Å². The SMILES string of the molecule is CN1CC[C@@]2(c3cccc(O)c3)Cc3nc4cccc(Br)c4cc3C[C@]2(O)C1. The summed E-state index contributed by atoms with van der Waals surface area (Å²) in [6.45, 7) is 1.52. The van der Waals surface area contributed by atoms with Crippen molar-refractivity contribution in [3.63, 3.8) is 0 Å². The Hall–Kier alpha value is -1.95. The number of phenols is 1. The van der Waals surface area contributed by atoms with Crippen molar-refractivity contribution in [2.24, 2.45) is 0 Å². The van der Waals surface area contributed by atoms with E-state index in [1.54, 1.807) is 6.07 Å². The molecule has 0 bridgehead atoms. The normalized spacial score (nSPS) is 27.4. The number of rotatable bonds is 1. The van der Waals surface area contributed by atoms with Crippen molar-refractivity contribution in [1.82, 2.24) is 9.88 Å². The van der Waals surface area contributed by atoms with E-state index in [1.807, 2.05) is 36.4 Å². The maximum atomic E-state index is 12.0. The molecule has 4 nitrogen and oxygen atoms in total. The van der Waals surface area contributed by atoms with E-state index in [0.29, 0.717) is 19.4 Å². The van der Waals surface area contributed by atoms with E-state index in [9.17, 15) is 10.2 Å². The average molecular weight is 439 g/mol. The van der Waals surface area contributed by atoms with Gasteiger partial charge in [0.2, 0.25) is 0 Å². The van der Waals surface area contributed by atoms with Crippen LogP contribution in [0.15, 0.2) is 53.0 Å². The lowest BCUT2D eigenvalue weighted by molar-refractivity contribution is -0.0976. The Labute approximate surface area is 173 Å². The van der Waals surface area contributed by atoms with E-state index in [0.717, 1.165) is 45.2 Å². The van der Waals surface area contributed by atoms with Crippen LogP contribution in [-0.4, -0.2) is 45.8 Å². The molecule has 2 atom stereocenters. The molecule has 0 saturated carbocycles. The summed E-state index contributed by atoms with van der Waals surface area (Å²) in [4.78, 5) is 7.20. The minimum Gasteiger partial charge on any atom is -0.508 e. The number of aromatic nitrogens is 1. The topological polar surface area (TPSA) is 56.6 Å². The maximum Gasteiger partial charge on any atom is 0.115 e. The summed E-state index contributed by atoms with van der Waals surface area (Å²) >= 11 is 3.63. The van der Waals surface area contributed by atoms with Crippen LogP contribution in [0.1, 0.15) is 23.2 Å². The Morgan fingerprint density at radius 2 is 1.93 bits per heavy atom. The Morgan fingerprint density at radius 1 is 1.11 bits per heavy atom. The van der Waals surface area contributed by atoms with Crippen molar-refractivity contribution in [1.29, 1.82) is 0 Å². The summed E-state index contributed by atoms with van der Waals surface area (Å²) < 4.78 is 1.03. The molecule has 3 aromatic rings. The van der Waals surface area contributed by atoms with Gasteiger partial charge in [-0.25, -0.2) is 0 Å². The summed E-state index contributed by atoms with van der Waals surface area (Å²) in [7, 11) is 2.06. The number of piperidine rings is 1. The fourth-order valence-electron chi connectivity index (χ4n) is 5.24. The smallest absolute Gasteiger partial charge is 0.115 e. The maximum absolute atomic E-state index is 12.0. The molecule has 2 N–H and O–H groups in total. The van der Waals surface area contributed by atoms with Crippen molar-refractivity contribution >= 4 is 26.8 Å². The number of halogens is 1. The molecule has 1 aliphatic carbocycles. The number of phenolic OH excluding ortho intramolecular Hbond substituents is 1. The van der Waals surface area contributed by atoms with Crippen LogP contribution in [0.4, 0.5) is 0 Å². The van der Waals surface area contributed by atoms with Crippen LogP contribution in [0.5, 0.6) is 5.75 Å². The predicted octanol–water partition coefficient (Wildman–Crippen LogP) is 3.81. The molecule has 1 saturated heterocycles. The third kappa shape index (κ3) is 2.60. The monoisotopic (exact) mass is 438 g/mol. The first-order chi connectivity index (χ1) is 13.4. The number of aromatic hydroxyl groups is 1. The number of pyridine rings is 1. The van der Waals surface area contributed by atoms with Crippen LogP contribution in [0, 0.1) is 0 Å². The second kappa shape index (κ2) is 6.28. The van der Waals surface area contributed by atoms with Crippen molar-refractivity contribution < 1.29 is 10.2 Å². The first kappa shape index (κ1) is 18.1. The third-order valence-corrected chi connectivity index (χ3v) is 7.36. The van der Waals surface area contributed by atoms with Gasteiger partial charge in [-0.2, -0.15) is 0 Å². The van der Waals surface area contributed by atoms with Gasteiger partial charge >= 0.3 is 0 Å². The molecule has 2 aromatic carbocycles. The van der Waals surface area contributed by atoms with Crippen LogP contribution in [0.25, 0.3) is 10.9 Å². The summed E-state index contributed by atoms with van der Waals surface area (Å²) in [5.41, 5.74) is 2.80. The van der Waals surface area contributed by atoms with Crippen molar-refractivity contribution in [3.8, 4) is 5.75 Å². The molecule has 0 amide bonds. The molecule has 0 spiro atoms. The van der Waals surface area contributed by atoms with Gasteiger partial charge in [-0.05, 0) is 61.5 Å². The molecule has 1 aliphatic heterocycles. The highest BCUT2D eigenvalue weighted by molar-refractivity contribution is 9.10.